The van der Waals surface area contributed by atoms with Gasteiger partial charge in [0.2, 0.25) is 20.0 Å². The van der Waals surface area contributed by atoms with Gasteiger partial charge in [0.15, 0.2) is 11.6 Å². The van der Waals surface area contributed by atoms with Crippen LogP contribution in [0, 0.1) is 6.92 Å². The maximum Gasteiger partial charge on any atom is 0.416 e. The van der Waals surface area contributed by atoms with Crippen molar-refractivity contribution in [2.45, 2.75) is 76.2 Å². The Hall–Kier alpha value is -4.87. The van der Waals surface area contributed by atoms with Gasteiger partial charge in [-0.05, 0) is 81.6 Å². The number of aryl methyl sites for hydroxylation is 1. The van der Waals surface area contributed by atoms with Crippen LogP contribution in [0.15, 0.2) is 48.5 Å². The molecular formula is C38H45F7N10O4S2. The molecule has 332 valence electrons. The van der Waals surface area contributed by atoms with Crippen LogP contribution >= 0.6 is 0 Å². The van der Waals surface area contributed by atoms with Gasteiger partial charge in [-0.15, -0.1) is 20.4 Å². The molecule has 0 spiro atoms. The summed E-state index contributed by atoms with van der Waals surface area (Å²) in [5.41, 5.74) is -1.32. The predicted molar refractivity (Wildman–Crippen MR) is 218 cm³/mol. The molecule has 2 aliphatic rings. The van der Waals surface area contributed by atoms with Gasteiger partial charge in [-0.25, -0.2) is 21.2 Å². The summed E-state index contributed by atoms with van der Waals surface area (Å²) in [4.78, 5) is 1.93. The second kappa shape index (κ2) is 17.8. The van der Waals surface area contributed by atoms with E-state index in [0.29, 0.717) is 42.2 Å². The number of nitrogens with one attached hydrogen (secondary N) is 5. The summed E-state index contributed by atoms with van der Waals surface area (Å²) in [6.07, 6.45) is -6.98. The van der Waals surface area contributed by atoms with Gasteiger partial charge in [-0.3, -0.25) is 14.3 Å². The lowest BCUT2D eigenvalue weighted by Gasteiger charge is -2.39. The number of alkyl halides is 7. The normalized spacial score (nSPS) is 19.9. The molecule has 0 amide bonds. The lowest BCUT2D eigenvalue weighted by Crippen LogP contribution is -2.51. The molecule has 0 saturated carbocycles. The van der Waals surface area contributed by atoms with Gasteiger partial charge in [0.05, 0.1) is 46.4 Å². The number of sulfonamides is 2. The van der Waals surface area contributed by atoms with E-state index in [-0.39, 0.29) is 71.2 Å². The summed E-state index contributed by atoms with van der Waals surface area (Å²) in [6.45, 7) is 5.48. The second-order valence-corrected chi connectivity index (χ2v) is 19.0. The largest absolute Gasteiger partial charge is 0.416 e. The molecule has 0 radical (unpaired) electrons. The zero-order valence-corrected chi connectivity index (χ0v) is 35.0. The van der Waals surface area contributed by atoms with E-state index in [1.54, 1.807) is 13.0 Å². The molecule has 2 aliphatic heterocycles. The third-order valence-electron chi connectivity index (χ3n) is 10.2. The topological polar surface area (TPSA) is 183 Å². The Morgan fingerprint density at radius 1 is 0.770 bits per heavy atom. The summed E-state index contributed by atoms with van der Waals surface area (Å²) in [7, 11) is -7.97. The lowest BCUT2D eigenvalue weighted by atomic mass is 9.98. The highest BCUT2D eigenvalue weighted by Crippen LogP contribution is 2.38. The first-order valence-electron chi connectivity index (χ1n) is 19.1. The molecule has 2 saturated heterocycles. The van der Waals surface area contributed by atoms with E-state index in [1.807, 2.05) is 11.8 Å². The Balaban J connectivity index is 1.25. The van der Waals surface area contributed by atoms with Crippen molar-refractivity contribution >= 4 is 43.1 Å². The molecule has 4 aromatic rings. The summed E-state index contributed by atoms with van der Waals surface area (Å²) in [5, 5.41) is 27.1. The van der Waals surface area contributed by atoms with E-state index in [0.717, 1.165) is 56.2 Å². The van der Waals surface area contributed by atoms with Crippen molar-refractivity contribution in [1.82, 2.24) is 30.6 Å². The molecule has 61 heavy (non-hydrogen) atoms. The van der Waals surface area contributed by atoms with Crippen LogP contribution in [0.4, 0.5) is 53.7 Å². The molecule has 2 aromatic carbocycles. The summed E-state index contributed by atoms with van der Waals surface area (Å²) >= 11 is 0. The van der Waals surface area contributed by atoms with Gasteiger partial charge in [0.25, 0.3) is 0 Å². The van der Waals surface area contributed by atoms with Gasteiger partial charge in [0, 0.05) is 60.9 Å². The fourth-order valence-electron chi connectivity index (χ4n) is 7.40. The Morgan fingerprint density at radius 3 is 1.82 bits per heavy atom. The number of likely N-dealkylation sites (tertiary alicyclic amines) is 1. The molecule has 23 heteroatoms. The van der Waals surface area contributed by atoms with Gasteiger partial charge in [-0.2, -0.15) is 26.3 Å². The van der Waals surface area contributed by atoms with Gasteiger partial charge in [0.1, 0.15) is 6.17 Å². The Bertz CT molecular complexity index is 2450. The van der Waals surface area contributed by atoms with Crippen LogP contribution in [-0.4, -0.2) is 105 Å². The zero-order valence-electron chi connectivity index (χ0n) is 33.4. The van der Waals surface area contributed by atoms with E-state index in [9.17, 15) is 43.2 Å². The van der Waals surface area contributed by atoms with Crippen LogP contribution < -0.4 is 25.4 Å². The van der Waals surface area contributed by atoms with Crippen molar-refractivity contribution < 1.29 is 47.6 Å². The minimum Gasteiger partial charge on any atom is -0.364 e. The SMILES string of the molecule is Cc1cc(-c2ccc(C(F)(F)F)cc2NS(C)(=O)=O)nnc1N[C@@H]1C[C@@H](F)CN(C(C)Cc2cc(-c3ccc(C(F)(F)F)cc3NS(C)(=O)=O)nnc2N[C@@H]2CCCNC2)C1. The standard InChI is InChI=1S/C38H45F7N10O4S2/c1-21-12-31(29-9-7-24(37(40,41)42)15-33(29)53-60(3,56)57)49-51-35(21)48-28-17-26(39)19-55(20-28)22(2)13-23-14-32(50-52-36(23)47-27-6-5-11-46-18-27)30-10-8-25(38(43,44)45)16-34(30)54-61(4,58)59/h7-10,12,14-16,22,26-28,46,53-54H,5-6,11,13,17-20H2,1-4H3,(H,47,52)(H,48,51)/t22?,26-,27-,28-/m1/s1. The average molecular weight is 903 g/mol. The number of halogens is 7. The smallest absolute Gasteiger partial charge is 0.364 e. The molecule has 2 fully saturated rings. The van der Waals surface area contributed by atoms with Crippen molar-refractivity contribution in [2.75, 3.05) is 58.8 Å². The number of piperidine rings is 2. The van der Waals surface area contributed by atoms with E-state index in [4.69, 9.17) is 0 Å². The number of rotatable bonds is 13. The highest BCUT2D eigenvalue weighted by molar-refractivity contribution is 7.92. The maximum absolute atomic E-state index is 15.5. The molecule has 1 unspecified atom stereocenters. The minimum atomic E-state index is -4.75. The molecule has 0 aliphatic carbocycles. The molecule has 0 bridgehead atoms. The summed E-state index contributed by atoms with van der Waals surface area (Å²) < 4.78 is 150. The Kier molecular flexibility index (Phi) is 13.4. The van der Waals surface area contributed by atoms with Gasteiger partial charge < -0.3 is 16.0 Å². The molecule has 4 atom stereocenters. The van der Waals surface area contributed by atoms with Crippen LogP contribution in [0.25, 0.3) is 22.5 Å². The van der Waals surface area contributed by atoms with Crippen molar-refractivity contribution in [3.8, 4) is 22.5 Å². The Morgan fingerprint density at radius 2 is 1.31 bits per heavy atom. The summed E-state index contributed by atoms with van der Waals surface area (Å²) in [6, 6.07) is 7.59. The van der Waals surface area contributed by atoms with E-state index < -0.39 is 55.7 Å². The van der Waals surface area contributed by atoms with Crippen LogP contribution in [-0.2, 0) is 38.8 Å². The van der Waals surface area contributed by atoms with Crippen molar-refractivity contribution in [2.24, 2.45) is 0 Å². The highest BCUT2D eigenvalue weighted by atomic mass is 32.2. The molecule has 4 heterocycles. The number of hydrogen-bond acceptors (Lipinski definition) is 12. The molecule has 5 N–H and O–H groups in total. The molecule has 6 rings (SSSR count). The molecule has 14 nitrogen and oxygen atoms in total. The first-order valence-corrected chi connectivity index (χ1v) is 22.9. The predicted octanol–water partition coefficient (Wildman–Crippen LogP) is 6.31. The number of anilines is 4. The average Bonchev–Trinajstić information content (AvgIpc) is 3.14. The van der Waals surface area contributed by atoms with Crippen molar-refractivity contribution in [3.05, 3.63) is 70.8 Å². The number of hydrogen-bond donors (Lipinski definition) is 5. The first kappa shape index (κ1) is 45.7. The van der Waals surface area contributed by atoms with E-state index in [1.165, 1.54) is 6.07 Å². The fourth-order valence-corrected chi connectivity index (χ4v) is 8.53. The van der Waals surface area contributed by atoms with Gasteiger partial charge in [-0.1, -0.05) is 12.1 Å². The second-order valence-electron chi connectivity index (χ2n) is 15.5. The first-order chi connectivity index (χ1) is 28.4. The third kappa shape index (κ3) is 12.2. The number of aromatic nitrogens is 4. The van der Waals surface area contributed by atoms with E-state index >= 15 is 4.39 Å². The monoisotopic (exact) mass is 902 g/mol. The van der Waals surface area contributed by atoms with Crippen molar-refractivity contribution in [1.29, 1.82) is 0 Å². The lowest BCUT2D eigenvalue weighted by molar-refractivity contribution is -0.138. The number of benzene rings is 2. The Labute approximate surface area is 348 Å². The molecular weight excluding hydrogens is 858 g/mol. The molecule has 2 aromatic heterocycles. The minimum absolute atomic E-state index is 0.00667. The van der Waals surface area contributed by atoms with Crippen LogP contribution in [0.1, 0.15) is 48.4 Å². The maximum atomic E-state index is 15.5. The van der Waals surface area contributed by atoms with E-state index in [2.05, 4.69) is 45.8 Å². The summed E-state index contributed by atoms with van der Waals surface area (Å²) in [5.74, 6) is 0.705. The van der Waals surface area contributed by atoms with Crippen LogP contribution in [0.3, 0.4) is 0 Å². The zero-order chi connectivity index (χ0) is 44.5. The van der Waals surface area contributed by atoms with Crippen molar-refractivity contribution in [3.63, 3.8) is 0 Å². The van der Waals surface area contributed by atoms with Gasteiger partial charge >= 0.3 is 12.4 Å². The number of nitrogens with zero attached hydrogens (tertiary/aromatic N) is 5. The van der Waals surface area contributed by atoms with Crippen LogP contribution in [0.5, 0.6) is 0 Å². The third-order valence-corrected chi connectivity index (χ3v) is 11.4. The quantitative estimate of drug-likeness (QED) is 0.0945. The highest BCUT2D eigenvalue weighted by Gasteiger charge is 2.34. The van der Waals surface area contributed by atoms with Crippen LogP contribution in [0.2, 0.25) is 0 Å². The fraction of sp³-hybridized carbons (Fsp3) is 0.474.